The maximum atomic E-state index is 11.6. The van der Waals surface area contributed by atoms with Crippen molar-refractivity contribution < 1.29 is 23.7 Å². The molecule has 0 bridgehead atoms. The van der Waals surface area contributed by atoms with Crippen LogP contribution in [0.4, 0.5) is 0 Å². The van der Waals surface area contributed by atoms with Gasteiger partial charge in [-0.05, 0) is 36.2 Å². The molecule has 1 N–H and O–H groups in total. The predicted octanol–water partition coefficient (Wildman–Crippen LogP) is 5.44. The number of hydrogen-bond acceptors (Lipinski definition) is 5. The van der Waals surface area contributed by atoms with Gasteiger partial charge in [-0.1, -0.05) is 70.5 Å². The molecule has 0 radical (unpaired) electrons. The molecule has 0 saturated carbocycles. The zero-order valence-corrected chi connectivity index (χ0v) is 21.0. The Morgan fingerprint density at radius 3 is 2.39 bits per heavy atom. The number of benzene rings is 1. The van der Waals surface area contributed by atoms with E-state index in [1.165, 1.54) is 0 Å². The Kier molecular flexibility index (Phi) is 10.9. The zero-order valence-electron chi connectivity index (χ0n) is 20.0. The van der Waals surface area contributed by atoms with Gasteiger partial charge in [0, 0.05) is 13.5 Å². The summed E-state index contributed by atoms with van der Waals surface area (Å²) < 4.78 is 24.7. The molecule has 1 saturated heterocycles. The summed E-state index contributed by atoms with van der Waals surface area (Å²) in [5.41, 5.74) is 1.11. The Bertz CT molecular complexity index is 640. The molecule has 0 amide bonds. The smallest absolute Gasteiger partial charge is 0.211 e. The summed E-state index contributed by atoms with van der Waals surface area (Å²) >= 11 is 0. The van der Waals surface area contributed by atoms with Gasteiger partial charge < -0.3 is 23.7 Å². The van der Waals surface area contributed by atoms with Gasteiger partial charge in [0.15, 0.2) is 8.32 Å². The molecule has 1 heterocycles. The molecular formula is C25H42O5Si. The molecular weight excluding hydrogens is 408 g/mol. The summed E-state index contributed by atoms with van der Waals surface area (Å²) in [4.78, 5) is 0. The fourth-order valence-electron chi connectivity index (χ4n) is 4.18. The third-order valence-corrected chi connectivity index (χ3v) is 11.1. The van der Waals surface area contributed by atoms with Crippen molar-refractivity contribution in [1.82, 2.24) is 0 Å². The largest absolute Gasteiger partial charge is 0.408 e. The molecule has 1 aromatic rings. The molecule has 176 valence electrons. The van der Waals surface area contributed by atoms with Gasteiger partial charge in [-0.3, -0.25) is 0 Å². The molecule has 1 aliphatic heterocycles. The summed E-state index contributed by atoms with van der Waals surface area (Å²) in [5, 5.41) is 11.6. The van der Waals surface area contributed by atoms with Crippen molar-refractivity contribution in [3.63, 3.8) is 0 Å². The van der Waals surface area contributed by atoms with Gasteiger partial charge in [0.1, 0.15) is 12.2 Å². The SMILES string of the molecule is CCC/C=C/C1(O)OC(COCc2ccccc2)C(OC)CC1O[Si](CC)(CC)CC. The van der Waals surface area contributed by atoms with Crippen LogP contribution in [-0.4, -0.2) is 51.2 Å². The fourth-order valence-corrected chi connectivity index (χ4v) is 7.05. The third-order valence-electron chi connectivity index (χ3n) is 6.50. The van der Waals surface area contributed by atoms with Gasteiger partial charge in [0.25, 0.3) is 0 Å². The fraction of sp³-hybridized carbons (Fsp3) is 0.680. The Hall–Kier alpha value is -1.02. The lowest BCUT2D eigenvalue weighted by molar-refractivity contribution is -0.299. The van der Waals surface area contributed by atoms with Gasteiger partial charge in [-0.25, -0.2) is 0 Å². The normalized spacial score (nSPS) is 27.1. The number of methoxy groups -OCH3 is 1. The number of rotatable bonds is 13. The summed E-state index contributed by atoms with van der Waals surface area (Å²) in [7, 11) is -0.244. The first-order valence-electron chi connectivity index (χ1n) is 11.9. The van der Waals surface area contributed by atoms with Gasteiger partial charge in [0.2, 0.25) is 5.79 Å². The van der Waals surface area contributed by atoms with E-state index in [-0.39, 0.29) is 12.2 Å². The van der Waals surface area contributed by atoms with E-state index in [9.17, 15) is 5.11 Å². The van der Waals surface area contributed by atoms with E-state index in [1.807, 2.05) is 36.4 Å². The number of unbranched alkanes of at least 4 members (excludes halogenated alkanes) is 1. The molecule has 4 unspecified atom stereocenters. The van der Waals surface area contributed by atoms with Crippen LogP contribution in [0, 0.1) is 0 Å². The average molecular weight is 451 g/mol. The first-order valence-corrected chi connectivity index (χ1v) is 14.4. The Morgan fingerprint density at radius 1 is 1.13 bits per heavy atom. The van der Waals surface area contributed by atoms with E-state index < -0.39 is 20.2 Å². The minimum Gasteiger partial charge on any atom is -0.408 e. The second-order valence-corrected chi connectivity index (χ2v) is 13.2. The average Bonchev–Trinajstić information content (AvgIpc) is 2.80. The van der Waals surface area contributed by atoms with Crippen LogP contribution in [0.25, 0.3) is 0 Å². The summed E-state index contributed by atoms with van der Waals surface area (Å²) in [6, 6.07) is 13.1. The minimum absolute atomic E-state index is 0.196. The number of allylic oxidation sites excluding steroid dienone is 1. The molecule has 1 aliphatic rings. The van der Waals surface area contributed by atoms with Crippen LogP contribution < -0.4 is 0 Å². The molecule has 5 nitrogen and oxygen atoms in total. The third kappa shape index (κ3) is 7.24. The van der Waals surface area contributed by atoms with Gasteiger partial charge in [0.05, 0.1) is 19.3 Å². The van der Waals surface area contributed by atoms with Crippen LogP contribution >= 0.6 is 0 Å². The molecule has 4 atom stereocenters. The van der Waals surface area contributed by atoms with Crippen molar-refractivity contribution in [2.75, 3.05) is 13.7 Å². The molecule has 6 heteroatoms. The molecule has 1 aromatic carbocycles. The highest BCUT2D eigenvalue weighted by Gasteiger charge is 2.50. The number of aliphatic hydroxyl groups is 1. The monoisotopic (exact) mass is 450 g/mol. The van der Waals surface area contributed by atoms with Gasteiger partial charge in [-0.2, -0.15) is 0 Å². The maximum absolute atomic E-state index is 11.6. The van der Waals surface area contributed by atoms with Crippen molar-refractivity contribution >= 4 is 8.32 Å². The molecule has 0 aliphatic carbocycles. The standard InChI is InChI=1S/C25H42O5Si/c1-6-10-14-17-25(26)24(30-31(7-2,8-3)9-4)18-22(27-5)23(29-25)20-28-19-21-15-12-11-13-16-21/h11-17,22-24,26H,6-10,18-20H2,1-5H3/b17-14+. The maximum Gasteiger partial charge on any atom is 0.211 e. The molecule has 0 aromatic heterocycles. The Labute approximate surface area is 189 Å². The van der Waals surface area contributed by atoms with E-state index in [0.29, 0.717) is 19.6 Å². The van der Waals surface area contributed by atoms with Crippen LogP contribution in [0.15, 0.2) is 42.5 Å². The first kappa shape index (κ1) is 26.2. The van der Waals surface area contributed by atoms with E-state index in [0.717, 1.165) is 36.5 Å². The van der Waals surface area contributed by atoms with Gasteiger partial charge in [-0.15, -0.1) is 0 Å². The molecule has 1 fully saturated rings. The van der Waals surface area contributed by atoms with Crippen molar-refractivity contribution in [1.29, 1.82) is 0 Å². The zero-order chi connectivity index (χ0) is 22.7. The first-order chi connectivity index (χ1) is 15.0. The van der Waals surface area contributed by atoms with Crippen LogP contribution in [0.5, 0.6) is 0 Å². The lowest BCUT2D eigenvalue weighted by Crippen LogP contribution is -2.60. The molecule has 0 spiro atoms. The summed E-state index contributed by atoms with van der Waals surface area (Å²) in [5.74, 6) is -1.47. The predicted molar refractivity (Wildman–Crippen MR) is 127 cm³/mol. The van der Waals surface area contributed by atoms with Crippen molar-refractivity contribution in [3.8, 4) is 0 Å². The Balaban J connectivity index is 2.16. The quantitative estimate of drug-likeness (QED) is 0.320. The van der Waals surface area contributed by atoms with Crippen molar-refractivity contribution in [3.05, 3.63) is 48.0 Å². The second-order valence-electron chi connectivity index (χ2n) is 8.46. The highest BCUT2D eigenvalue weighted by atomic mass is 28.4. The minimum atomic E-state index is -1.94. The van der Waals surface area contributed by atoms with Crippen LogP contribution in [-0.2, 0) is 25.2 Å². The van der Waals surface area contributed by atoms with Crippen molar-refractivity contribution in [2.45, 2.75) is 95.8 Å². The summed E-state index contributed by atoms with van der Waals surface area (Å²) in [6.45, 7) is 9.56. The second kappa shape index (κ2) is 12.9. The molecule has 31 heavy (non-hydrogen) atoms. The van der Waals surface area contributed by atoms with E-state index in [2.05, 4.69) is 27.7 Å². The number of ether oxygens (including phenoxy) is 3. The molecule has 2 rings (SSSR count). The lowest BCUT2D eigenvalue weighted by Gasteiger charge is -2.47. The van der Waals surface area contributed by atoms with E-state index in [4.69, 9.17) is 18.6 Å². The number of hydrogen-bond donors (Lipinski definition) is 1. The Morgan fingerprint density at radius 2 is 1.81 bits per heavy atom. The van der Waals surface area contributed by atoms with Crippen LogP contribution in [0.3, 0.4) is 0 Å². The van der Waals surface area contributed by atoms with E-state index >= 15 is 0 Å². The van der Waals surface area contributed by atoms with E-state index in [1.54, 1.807) is 13.2 Å². The highest BCUT2D eigenvalue weighted by molar-refractivity contribution is 6.73. The lowest BCUT2D eigenvalue weighted by atomic mass is 9.95. The van der Waals surface area contributed by atoms with Crippen LogP contribution in [0.2, 0.25) is 18.1 Å². The topological polar surface area (TPSA) is 57.2 Å². The highest BCUT2D eigenvalue weighted by Crippen LogP contribution is 2.37. The van der Waals surface area contributed by atoms with Crippen molar-refractivity contribution in [2.24, 2.45) is 0 Å². The summed E-state index contributed by atoms with van der Waals surface area (Å²) in [6.07, 6.45) is 5.26. The van der Waals surface area contributed by atoms with Crippen LogP contribution in [0.1, 0.15) is 52.5 Å². The van der Waals surface area contributed by atoms with Gasteiger partial charge >= 0.3 is 0 Å².